The van der Waals surface area contributed by atoms with E-state index in [1.807, 2.05) is 7.05 Å². The maximum atomic E-state index is 13.0. The van der Waals surface area contributed by atoms with Crippen LogP contribution < -0.4 is 0 Å². The highest BCUT2D eigenvalue weighted by Gasteiger charge is 2.27. The van der Waals surface area contributed by atoms with Gasteiger partial charge in [0.25, 0.3) is 5.91 Å². The summed E-state index contributed by atoms with van der Waals surface area (Å²) >= 11 is 0. The molecule has 0 radical (unpaired) electrons. The van der Waals surface area contributed by atoms with Crippen LogP contribution in [-0.2, 0) is 0 Å². The zero-order chi connectivity index (χ0) is 16.4. The lowest BCUT2D eigenvalue weighted by molar-refractivity contribution is 0.0648. The molecule has 23 heavy (non-hydrogen) atoms. The Kier molecular flexibility index (Phi) is 4.51. The monoisotopic (exact) mass is 315 g/mol. The molecule has 1 saturated carbocycles. The average molecular weight is 315 g/mol. The summed E-state index contributed by atoms with van der Waals surface area (Å²) in [5, 5.41) is 0. The molecule has 1 fully saturated rings. The van der Waals surface area contributed by atoms with E-state index in [4.69, 9.17) is 4.42 Å². The number of carbonyl (C=O) groups is 1. The van der Waals surface area contributed by atoms with Crippen molar-refractivity contribution in [3.05, 3.63) is 48.0 Å². The van der Waals surface area contributed by atoms with E-state index in [0.29, 0.717) is 11.5 Å². The molecule has 1 aromatic carbocycles. The minimum absolute atomic E-state index is 0.0853. The number of hydrogen-bond donors (Lipinski definition) is 0. The van der Waals surface area contributed by atoms with Crippen LogP contribution in [-0.4, -0.2) is 23.9 Å². The molecule has 0 atom stereocenters. The maximum absolute atomic E-state index is 13.0. The van der Waals surface area contributed by atoms with Crippen LogP contribution in [0.2, 0.25) is 0 Å². The molecule has 122 valence electrons. The molecule has 4 heteroatoms. The van der Waals surface area contributed by atoms with Crippen LogP contribution >= 0.6 is 0 Å². The summed E-state index contributed by atoms with van der Waals surface area (Å²) in [6.45, 7) is 2.26. The van der Waals surface area contributed by atoms with Gasteiger partial charge in [0.15, 0.2) is 5.76 Å². The fourth-order valence-corrected chi connectivity index (χ4v) is 3.19. The van der Waals surface area contributed by atoms with Gasteiger partial charge in [-0.05, 0) is 68.0 Å². The largest absolute Gasteiger partial charge is 0.451 e. The number of nitrogens with zero attached hydrogens (tertiary/aromatic N) is 1. The Balaban J connectivity index is 1.72. The predicted molar refractivity (Wildman–Crippen MR) is 87.6 cm³/mol. The molecule has 2 aromatic rings. The standard InChI is InChI=1S/C19H22FNO2/c1-13-3-9-16(10-4-13)21(2)19(22)18-12-11-17(23-18)14-5-7-15(20)8-6-14/h5-8,11-13,16H,3-4,9-10H2,1-2H3. The van der Waals surface area contributed by atoms with E-state index in [1.54, 1.807) is 29.2 Å². The van der Waals surface area contributed by atoms with Gasteiger partial charge in [-0.1, -0.05) is 6.92 Å². The van der Waals surface area contributed by atoms with Crippen molar-refractivity contribution in [3.8, 4) is 11.3 Å². The number of amides is 1. The van der Waals surface area contributed by atoms with E-state index in [9.17, 15) is 9.18 Å². The van der Waals surface area contributed by atoms with Crippen molar-refractivity contribution in [1.29, 1.82) is 0 Å². The minimum atomic E-state index is -0.289. The second-order valence-electron chi connectivity index (χ2n) is 6.50. The van der Waals surface area contributed by atoms with Crippen molar-refractivity contribution in [2.24, 2.45) is 5.92 Å². The van der Waals surface area contributed by atoms with Gasteiger partial charge in [-0.2, -0.15) is 0 Å². The highest BCUT2D eigenvalue weighted by atomic mass is 19.1. The lowest BCUT2D eigenvalue weighted by Crippen LogP contribution is -2.39. The van der Waals surface area contributed by atoms with Crippen LogP contribution in [0.4, 0.5) is 4.39 Å². The summed E-state index contributed by atoms with van der Waals surface area (Å²) in [4.78, 5) is 14.4. The van der Waals surface area contributed by atoms with Crippen LogP contribution in [0.15, 0.2) is 40.8 Å². The molecule has 1 aromatic heterocycles. The lowest BCUT2D eigenvalue weighted by Gasteiger charge is -2.33. The molecule has 0 saturated heterocycles. The van der Waals surface area contributed by atoms with Gasteiger partial charge in [0.1, 0.15) is 11.6 Å². The van der Waals surface area contributed by atoms with Crippen molar-refractivity contribution >= 4 is 5.91 Å². The van der Waals surface area contributed by atoms with Gasteiger partial charge < -0.3 is 9.32 Å². The highest BCUT2D eigenvalue weighted by molar-refractivity contribution is 5.92. The zero-order valence-electron chi connectivity index (χ0n) is 13.6. The van der Waals surface area contributed by atoms with Crippen LogP contribution in [0.1, 0.15) is 43.2 Å². The molecular formula is C19H22FNO2. The van der Waals surface area contributed by atoms with Crippen molar-refractivity contribution in [3.63, 3.8) is 0 Å². The number of halogens is 1. The Morgan fingerprint density at radius 1 is 1.09 bits per heavy atom. The molecule has 0 bridgehead atoms. The Labute approximate surface area is 136 Å². The molecule has 3 rings (SSSR count). The van der Waals surface area contributed by atoms with Gasteiger partial charge in [0.2, 0.25) is 0 Å². The maximum Gasteiger partial charge on any atom is 0.289 e. The van der Waals surface area contributed by atoms with Gasteiger partial charge in [0.05, 0.1) is 0 Å². The zero-order valence-corrected chi connectivity index (χ0v) is 13.6. The van der Waals surface area contributed by atoms with Crippen LogP contribution in [0.3, 0.4) is 0 Å². The van der Waals surface area contributed by atoms with Gasteiger partial charge in [-0.25, -0.2) is 4.39 Å². The molecule has 1 aliphatic rings. The fraction of sp³-hybridized carbons (Fsp3) is 0.421. The molecule has 3 nitrogen and oxygen atoms in total. The van der Waals surface area contributed by atoms with Gasteiger partial charge >= 0.3 is 0 Å². The summed E-state index contributed by atoms with van der Waals surface area (Å²) in [5.41, 5.74) is 0.764. The second-order valence-corrected chi connectivity index (χ2v) is 6.50. The van der Waals surface area contributed by atoms with Gasteiger partial charge in [0, 0.05) is 18.7 Å². The van der Waals surface area contributed by atoms with Gasteiger partial charge in [-0.15, -0.1) is 0 Å². The van der Waals surface area contributed by atoms with Crippen molar-refractivity contribution in [2.45, 2.75) is 38.6 Å². The van der Waals surface area contributed by atoms with Crippen molar-refractivity contribution < 1.29 is 13.6 Å². The van der Waals surface area contributed by atoms with Crippen LogP contribution in [0, 0.1) is 11.7 Å². The molecule has 0 N–H and O–H groups in total. The molecule has 1 heterocycles. The van der Waals surface area contributed by atoms with E-state index in [2.05, 4.69) is 6.92 Å². The number of furan rings is 1. The average Bonchev–Trinajstić information content (AvgIpc) is 3.05. The third-order valence-electron chi connectivity index (χ3n) is 4.80. The van der Waals surface area contributed by atoms with E-state index >= 15 is 0 Å². The number of carbonyl (C=O) groups excluding carboxylic acids is 1. The fourth-order valence-electron chi connectivity index (χ4n) is 3.19. The Morgan fingerprint density at radius 2 is 1.74 bits per heavy atom. The molecular weight excluding hydrogens is 293 g/mol. The summed E-state index contributed by atoms with van der Waals surface area (Å²) < 4.78 is 18.7. The highest BCUT2D eigenvalue weighted by Crippen LogP contribution is 2.28. The Morgan fingerprint density at radius 3 is 2.39 bits per heavy atom. The van der Waals surface area contributed by atoms with E-state index in [0.717, 1.165) is 24.3 Å². The van der Waals surface area contributed by atoms with Crippen LogP contribution in [0.5, 0.6) is 0 Å². The molecule has 1 aliphatic carbocycles. The normalized spacial score (nSPS) is 21.2. The number of hydrogen-bond acceptors (Lipinski definition) is 2. The van der Waals surface area contributed by atoms with Crippen molar-refractivity contribution in [1.82, 2.24) is 4.90 Å². The number of benzene rings is 1. The lowest BCUT2D eigenvalue weighted by atomic mass is 9.87. The molecule has 1 amide bonds. The van der Waals surface area contributed by atoms with E-state index in [-0.39, 0.29) is 17.8 Å². The second kappa shape index (κ2) is 6.57. The first-order chi connectivity index (χ1) is 11.0. The summed E-state index contributed by atoms with van der Waals surface area (Å²) in [5.74, 6) is 1.30. The topological polar surface area (TPSA) is 33.5 Å². The molecule has 0 spiro atoms. The minimum Gasteiger partial charge on any atom is -0.451 e. The number of rotatable bonds is 3. The summed E-state index contributed by atoms with van der Waals surface area (Å²) in [6.07, 6.45) is 4.44. The smallest absolute Gasteiger partial charge is 0.289 e. The van der Waals surface area contributed by atoms with E-state index < -0.39 is 0 Å². The summed E-state index contributed by atoms with van der Waals surface area (Å²) in [6, 6.07) is 9.81. The Hall–Kier alpha value is -2.10. The third-order valence-corrected chi connectivity index (χ3v) is 4.80. The SMILES string of the molecule is CC1CCC(N(C)C(=O)c2ccc(-c3ccc(F)cc3)o2)CC1. The van der Waals surface area contributed by atoms with Gasteiger partial charge in [-0.3, -0.25) is 4.79 Å². The third kappa shape index (κ3) is 3.46. The first-order valence-corrected chi connectivity index (χ1v) is 8.17. The van der Waals surface area contributed by atoms with Crippen LogP contribution in [0.25, 0.3) is 11.3 Å². The van der Waals surface area contributed by atoms with E-state index in [1.165, 1.54) is 25.0 Å². The van der Waals surface area contributed by atoms with Crippen molar-refractivity contribution in [2.75, 3.05) is 7.05 Å². The first kappa shape index (κ1) is 15.8. The molecule has 0 aliphatic heterocycles. The quantitative estimate of drug-likeness (QED) is 0.820. The summed E-state index contributed by atoms with van der Waals surface area (Å²) in [7, 11) is 1.85. The first-order valence-electron chi connectivity index (χ1n) is 8.17. The predicted octanol–water partition coefficient (Wildman–Crippen LogP) is 4.74. The Bertz CT molecular complexity index is 669. The molecule has 0 unspecified atom stereocenters.